The van der Waals surface area contributed by atoms with Gasteiger partial charge < -0.3 is 9.47 Å². The van der Waals surface area contributed by atoms with Crippen LogP contribution in [0.5, 0.6) is 11.5 Å². The van der Waals surface area contributed by atoms with Crippen LogP contribution >= 0.6 is 23.2 Å². The highest BCUT2D eigenvalue weighted by Gasteiger charge is 2.39. The monoisotopic (exact) mass is 437 g/mol. The molecule has 0 N–H and O–H groups in total. The molecule has 0 radical (unpaired) electrons. The molecule has 1 atom stereocenters. The van der Waals surface area contributed by atoms with Crippen molar-refractivity contribution in [2.24, 2.45) is 0 Å². The number of fused-ring (bicyclic) bond motifs is 3. The largest absolute Gasteiger partial charge is 0.452 e. The zero-order valence-corrected chi connectivity index (χ0v) is 16.9. The van der Waals surface area contributed by atoms with E-state index < -0.39 is 5.92 Å². The van der Waals surface area contributed by atoms with Crippen LogP contribution in [0.2, 0.25) is 10.0 Å². The maximum Gasteiger partial charge on any atom is 0.312 e. The van der Waals surface area contributed by atoms with Crippen LogP contribution in [0.15, 0.2) is 60.6 Å². The van der Waals surface area contributed by atoms with Crippen LogP contribution in [0.25, 0.3) is 6.08 Å². The highest BCUT2D eigenvalue weighted by molar-refractivity contribution is 6.35. The van der Waals surface area contributed by atoms with Crippen molar-refractivity contribution in [3.63, 3.8) is 0 Å². The maximum absolute atomic E-state index is 12.9. The van der Waals surface area contributed by atoms with E-state index in [0.29, 0.717) is 38.2 Å². The second-order valence-corrected chi connectivity index (χ2v) is 7.82. The quantitative estimate of drug-likeness (QED) is 0.303. The topological polar surface area (TPSA) is 65.5 Å². The molecule has 7 heteroatoms. The van der Waals surface area contributed by atoms with Crippen LogP contribution in [0.3, 0.4) is 0 Å². The first-order valence-corrected chi connectivity index (χ1v) is 9.93. The number of ketones is 1. The molecule has 148 valence electrons. The van der Waals surface area contributed by atoms with E-state index in [-0.39, 0.29) is 23.9 Å². The van der Waals surface area contributed by atoms with E-state index in [1.54, 1.807) is 54.9 Å². The number of ether oxygens (including phenoxy) is 2. The van der Waals surface area contributed by atoms with Gasteiger partial charge in [0.2, 0.25) is 5.78 Å². The van der Waals surface area contributed by atoms with E-state index in [1.165, 1.54) is 0 Å². The lowest BCUT2D eigenvalue weighted by Crippen LogP contribution is -2.21. The molecule has 0 bridgehead atoms. The normalized spacial score (nSPS) is 18.6. The molecule has 1 aromatic heterocycles. The van der Waals surface area contributed by atoms with Crippen LogP contribution in [0, 0.1) is 0 Å². The zero-order chi connectivity index (χ0) is 20.8. The Kier molecular flexibility index (Phi) is 4.57. The Hall–Kier alpha value is -3.15. The summed E-state index contributed by atoms with van der Waals surface area (Å²) in [4.78, 5) is 29.2. The fraction of sp³-hybridized carbons (Fsp3) is 0.0870. The number of carbonyl (C=O) groups excluding carboxylic acids is 2. The van der Waals surface area contributed by atoms with E-state index >= 15 is 0 Å². The minimum absolute atomic E-state index is 0.0734. The highest BCUT2D eigenvalue weighted by atomic mass is 35.5. The van der Waals surface area contributed by atoms with E-state index in [1.807, 2.05) is 6.07 Å². The number of carbonyl (C=O) groups is 2. The molecule has 3 heterocycles. The number of allylic oxidation sites excluding steroid dienone is 1. The third kappa shape index (κ3) is 3.16. The number of Topliss-reactive ketones (excluding diaryl/α,β-unsaturated/α-hetero) is 1. The first-order valence-electron chi connectivity index (χ1n) is 9.18. The second kappa shape index (κ2) is 7.27. The molecule has 30 heavy (non-hydrogen) atoms. The summed E-state index contributed by atoms with van der Waals surface area (Å²) in [7, 11) is 0. The molecule has 2 aliphatic heterocycles. The standard InChI is InChI=1S/C23H13Cl2NO4/c24-13-3-4-14(17(25)9-13)16-10-20(27)29-18-6-5-15-22(28)19(30-23(15)21(16)18)8-12-2-1-7-26-11-12/h1-9,11,16H,10H2/b19-8-/t16-/m1/s1. The van der Waals surface area contributed by atoms with Gasteiger partial charge in [0.05, 0.1) is 12.0 Å². The lowest BCUT2D eigenvalue weighted by molar-refractivity contribution is -0.135. The van der Waals surface area contributed by atoms with Crippen molar-refractivity contribution in [1.82, 2.24) is 4.98 Å². The molecule has 2 aliphatic rings. The molecule has 0 saturated heterocycles. The van der Waals surface area contributed by atoms with Gasteiger partial charge in [0.1, 0.15) is 11.5 Å². The van der Waals surface area contributed by atoms with E-state index in [4.69, 9.17) is 32.7 Å². The van der Waals surface area contributed by atoms with Crippen LogP contribution in [-0.2, 0) is 4.79 Å². The SMILES string of the molecule is O=C1C[C@H](c2ccc(Cl)cc2Cl)c2c(ccc3c2O/C(=C\c2cccnc2)C3=O)O1. The summed E-state index contributed by atoms with van der Waals surface area (Å²) in [6, 6.07) is 12.0. The van der Waals surface area contributed by atoms with Crippen LogP contribution < -0.4 is 9.47 Å². The fourth-order valence-corrected chi connectivity index (χ4v) is 4.31. The van der Waals surface area contributed by atoms with Crippen molar-refractivity contribution < 1.29 is 19.1 Å². The number of hydrogen-bond donors (Lipinski definition) is 0. The molecule has 0 amide bonds. The summed E-state index contributed by atoms with van der Waals surface area (Å²) in [6.45, 7) is 0. The van der Waals surface area contributed by atoms with Crippen molar-refractivity contribution in [3.05, 3.63) is 92.9 Å². The van der Waals surface area contributed by atoms with E-state index in [0.717, 1.165) is 5.56 Å². The Morgan fingerprint density at radius 2 is 1.93 bits per heavy atom. The molecule has 0 unspecified atom stereocenters. The van der Waals surface area contributed by atoms with Crippen LogP contribution in [0.1, 0.15) is 39.4 Å². The minimum Gasteiger partial charge on any atom is -0.452 e. The van der Waals surface area contributed by atoms with Gasteiger partial charge in [0.15, 0.2) is 5.76 Å². The molecule has 2 aromatic carbocycles. The predicted molar refractivity (Wildman–Crippen MR) is 112 cm³/mol. The van der Waals surface area contributed by atoms with E-state index in [9.17, 15) is 9.59 Å². The van der Waals surface area contributed by atoms with Crippen LogP contribution in [0.4, 0.5) is 0 Å². The van der Waals surface area contributed by atoms with E-state index in [2.05, 4.69) is 4.98 Å². The van der Waals surface area contributed by atoms with Crippen LogP contribution in [-0.4, -0.2) is 16.7 Å². The number of nitrogens with zero attached hydrogens (tertiary/aromatic N) is 1. The molecule has 5 nitrogen and oxygen atoms in total. The molecule has 0 saturated carbocycles. The molecule has 3 aromatic rings. The predicted octanol–water partition coefficient (Wildman–Crippen LogP) is 5.45. The highest BCUT2D eigenvalue weighted by Crippen LogP contribution is 2.50. The second-order valence-electron chi connectivity index (χ2n) is 6.98. The van der Waals surface area contributed by atoms with Gasteiger partial charge in [-0.1, -0.05) is 35.3 Å². The van der Waals surface area contributed by atoms with Gasteiger partial charge >= 0.3 is 5.97 Å². The summed E-state index contributed by atoms with van der Waals surface area (Å²) in [5, 5.41) is 0.926. The average molecular weight is 438 g/mol. The summed E-state index contributed by atoms with van der Waals surface area (Å²) in [6.07, 6.45) is 5.00. The van der Waals surface area contributed by atoms with Crippen molar-refractivity contribution in [1.29, 1.82) is 0 Å². The molecule has 0 aliphatic carbocycles. The zero-order valence-electron chi connectivity index (χ0n) is 15.4. The Bertz CT molecular complexity index is 1240. The maximum atomic E-state index is 12.9. The summed E-state index contributed by atoms with van der Waals surface area (Å²) < 4.78 is 11.4. The van der Waals surface area contributed by atoms with Crippen molar-refractivity contribution in [2.75, 3.05) is 0 Å². The Labute approximate surface area is 181 Å². The Morgan fingerprint density at radius 3 is 2.70 bits per heavy atom. The number of pyridine rings is 1. The Morgan fingerprint density at radius 1 is 1.07 bits per heavy atom. The summed E-state index contributed by atoms with van der Waals surface area (Å²) >= 11 is 12.5. The van der Waals surface area contributed by atoms with Gasteiger partial charge in [0.25, 0.3) is 0 Å². The third-order valence-electron chi connectivity index (χ3n) is 5.10. The van der Waals surface area contributed by atoms with Gasteiger partial charge in [0, 0.05) is 33.9 Å². The van der Waals surface area contributed by atoms with Gasteiger partial charge in [-0.25, -0.2) is 0 Å². The number of hydrogen-bond acceptors (Lipinski definition) is 5. The first kappa shape index (κ1) is 18.9. The third-order valence-corrected chi connectivity index (χ3v) is 5.66. The molecule has 0 spiro atoms. The van der Waals surface area contributed by atoms with Crippen molar-refractivity contribution >= 4 is 41.0 Å². The fourth-order valence-electron chi connectivity index (χ4n) is 3.77. The lowest BCUT2D eigenvalue weighted by atomic mass is 9.84. The van der Waals surface area contributed by atoms with Gasteiger partial charge in [-0.05, 0) is 47.5 Å². The number of benzene rings is 2. The minimum atomic E-state index is -0.425. The average Bonchev–Trinajstić information content (AvgIpc) is 3.03. The number of halogens is 2. The summed E-state index contributed by atoms with van der Waals surface area (Å²) in [5.74, 6) is -0.119. The molecule has 5 rings (SSSR count). The molecule has 0 fully saturated rings. The van der Waals surface area contributed by atoms with Crippen molar-refractivity contribution in [2.45, 2.75) is 12.3 Å². The summed E-state index contributed by atoms with van der Waals surface area (Å²) in [5.41, 5.74) is 2.50. The van der Waals surface area contributed by atoms with Gasteiger partial charge in [-0.2, -0.15) is 0 Å². The number of esters is 1. The smallest absolute Gasteiger partial charge is 0.312 e. The molecular formula is C23H13Cl2NO4. The first-order chi connectivity index (χ1) is 14.5. The van der Waals surface area contributed by atoms with Gasteiger partial charge in [-0.15, -0.1) is 0 Å². The van der Waals surface area contributed by atoms with Gasteiger partial charge in [-0.3, -0.25) is 14.6 Å². The number of rotatable bonds is 2. The molecular weight excluding hydrogens is 425 g/mol. The number of aromatic nitrogens is 1. The Balaban J connectivity index is 1.64. The lowest BCUT2D eigenvalue weighted by Gasteiger charge is -2.27. The van der Waals surface area contributed by atoms with Crippen molar-refractivity contribution in [3.8, 4) is 11.5 Å².